The van der Waals surface area contributed by atoms with Crippen molar-refractivity contribution in [2.45, 2.75) is 32.9 Å². The van der Waals surface area contributed by atoms with Crippen LogP contribution < -0.4 is 10.1 Å². The molecule has 3 nitrogen and oxygen atoms in total. The number of rotatable bonds is 7. The Balaban J connectivity index is 2.59. The van der Waals surface area contributed by atoms with Gasteiger partial charge < -0.3 is 15.2 Å². The Hall–Kier alpha value is -1.13. The highest BCUT2D eigenvalue weighted by molar-refractivity contribution is 5.29. The standard InChI is InChI=1S/C14H22FNO2/c1-10(2)13(6-7-17)16-9-11-4-5-14(18-3)12(15)8-11/h4-5,8,10,13,16-17H,6-7,9H2,1-3H3. The third-order valence-electron chi connectivity index (χ3n) is 3.03. The van der Waals surface area contributed by atoms with E-state index in [1.807, 2.05) is 6.07 Å². The summed E-state index contributed by atoms with van der Waals surface area (Å²) in [5.74, 6) is 0.342. The van der Waals surface area contributed by atoms with Crippen LogP contribution in [0.3, 0.4) is 0 Å². The molecule has 0 aliphatic carbocycles. The molecule has 18 heavy (non-hydrogen) atoms. The van der Waals surface area contributed by atoms with E-state index in [0.29, 0.717) is 18.9 Å². The minimum Gasteiger partial charge on any atom is -0.494 e. The van der Waals surface area contributed by atoms with Gasteiger partial charge in [0.05, 0.1) is 7.11 Å². The van der Waals surface area contributed by atoms with Crippen molar-refractivity contribution in [1.29, 1.82) is 0 Å². The van der Waals surface area contributed by atoms with Crippen LogP contribution >= 0.6 is 0 Å². The van der Waals surface area contributed by atoms with Gasteiger partial charge in [-0.2, -0.15) is 0 Å². The zero-order chi connectivity index (χ0) is 13.5. The molecule has 2 N–H and O–H groups in total. The second-order valence-electron chi connectivity index (χ2n) is 4.71. The second kappa shape index (κ2) is 7.34. The molecule has 0 aliphatic rings. The predicted molar refractivity (Wildman–Crippen MR) is 70.1 cm³/mol. The topological polar surface area (TPSA) is 41.5 Å². The number of benzene rings is 1. The van der Waals surface area contributed by atoms with Crippen molar-refractivity contribution < 1.29 is 14.2 Å². The lowest BCUT2D eigenvalue weighted by Gasteiger charge is -2.21. The Morgan fingerprint density at radius 1 is 1.39 bits per heavy atom. The highest BCUT2D eigenvalue weighted by Crippen LogP contribution is 2.18. The molecule has 0 amide bonds. The molecule has 0 radical (unpaired) electrons. The molecule has 1 rings (SSSR count). The third kappa shape index (κ3) is 4.27. The van der Waals surface area contributed by atoms with Gasteiger partial charge >= 0.3 is 0 Å². The number of hydrogen-bond acceptors (Lipinski definition) is 3. The fourth-order valence-electron chi connectivity index (χ4n) is 1.88. The monoisotopic (exact) mass is 255 g/mol. The number of hydrogen-bond donors (Lipinski definition) is 2. The number of halogens is 1. The fourth-order valence-corrected chi connectivity index (χ4v) is 1.88. The van der Waals surface area contributed by atoms with Gasteiger partial charge in [-0.25, -0.2) is 4.39 Å². The van der Waals surface area contributed by atoms with E-state index in [9.17, 15) is 4.39 Å². The van der Waals surface area contributed by atoms with Gasteiger partial charge in [0.1, 0.15) is 0 Å². The first-order chi connectivity index (χ1) is 8.58. The summed E-state index contributed by atoms with van der Waals surface area (Å²) >= 11 is 0. The molecule has 0 aliphatic heterocycles. The summed E-state index contributed by atoms with van der Waals surface area (Å²) in [5, 5.41) is 12.3. The van der Waals surface area contributed by atoms with Crippen molar-refractivity contribution in [3.8, 4) is 5.75 Å². The quantitative estimate of drug-likeness (QED) is 0.785. The van der Waals surface area contributed by atoms with Crippen LogP contribution in [0.5, 0.6) is 5.75 Å². The minimum atomic E-state index is -0.347. The van der Waals surface area contributed by atoms with Gasteiger partial charge in [-0.05, 0) is 30.0 Å². The molecule has 4 heteroatoms. The van der Waals surface area contributed by atoms with Gasteiger partial charge in [-0.1, -0.05) is 19.9 Å². The molecule has 0 heterocycles. The first-order valence-corrected chi connectivity index (χ1v) is 6.25. The van der Waals surface area contributed by atoms with E-state index in [1.165, 1.54) is 13.2 Å². The normalized spacial score (nSPS) is 12.8. The van der Waals surface area contributed by atoms with Crippen LogP contribution in [0.2, 0.25) is 0 Å². The van der Waals surface area contributed by atoms with Crippen molar-refractivity contribution in [3.05, 3.63) is 29.6 Å². The Bertz CT molecular complexity index is 369. The highest BCUT2D eigenvalue weighted by Gasteiger charge is 2.12. The van der Waals surface area contributed by atoms with Gasteiger partial charge in [0, 0.05) is 19.2 Å². The van der Waals surface area contributed by atoms with Gasteiger partial charge in [-0.3, -0.25) is 0 Å². The van der Waals surface area contributed by atoms with E-state index in [2.05, 4.69) is 19.2 Å². The fraction of sp³-hybridized carbons (Fsp3) is 0.571. The lowest BCUT2D eigenvalue weighted by Crippen LogP contribution is -2.34. The van der Waals surface area contributed by atoms with Crippen LogP contribution in [0.25, 0.3) is 0 Å². The Labute approximate surface area is 108 Å². The summed E-state index contributed by atoms with van der Waals surface area (Å²) in [6.45, 7) is 4.94. The molecule has 1 aromatic rings. The number of nitrogens with one attached hydrogen (secondary N) is 1. The molecule has 0 saturated carbocycles. The van der Waals surface area contributed by atoms with E-state index in [-0.39, 0.29) is 24.2 Å². The van der Waals surface area contributed by atoms with Crippen molar-refractivity contribution >= 4 is 0 Å². The zero-order valence-electron chi connectivity index (χ0n) is 11.2. The maximum atomic E-state index is 13.5. The summed E-state index contributed by atoms with van der Waals surface area (Å²) < 4.78 is 18.4. The van der Waals surface area contributed by atoms with Crippen molar-refractivity contribution in [3.63, 3.8) is 0 Å². The molecular formula is C14H22FNO2. The van der Waals surface area contributed by atoms with E-state index >= 15 is 0 Å². The maximum Gasteiger partial charge on any atom is 0.165 e. The van der Waals surface area contributed by atoms with Crippen molar-refractivity contribution in [2.75, 3.05) is 13.7 Å². The first kappa shape index (κ1) is 14.9. The largest absolute Gasteiger partial charge is 0.494 e. The highest BCUT2D eigenvalue weighted by atomic mass is 19.1. The molecule has 1 atom stereocenters. The van der Waals surface area contributed by atoms with E-state index < -0.39 is 0 Å². The second-order valence-corrected chi connectivity index (χ2v) is 4.71. The van der Waals surface area contributed by atoms with Crippen molar-refractivity contribution in [2.24, 2.45) is 5.92 Å². The molecular weight excluding hydrogens is 233 g/mol. The van der Waals surface area contributed by atoms with Crippen LogP contribution in [-0.4, -0.2) is 24.9 Å². The average Bonchev–Trinajstić information content (AvgIpc) is 2.34. The average molecular weight is 255 g/mol. The Kier molecular flexibility index (Phi) is 6.09. The van der Waals surface area contributed by atoms with Crippen LogP contribution in [0, 0.1) is 11.7 Å². The molecule has 1 unspecified atom stereocenters. The van der Waals surface area contributed by atoms with Crippen molar-refractivity contribution in [1.82, 2.24) is 5.32 Å². The smallest absolute Gasteiger partial charge is 0.165 e. The summed E-state index contributed by atoms with van der Waals surface area (Å²) in [4.78, 5) is 0. The Morgan fingerprint density at radius 3 is 2.61 bits per heavy atom. The number of aliphatic hydroxyl groups is 1. The molecule has 0 bridgehead atoms. The van der Waals surface area contributed by atoms with Gasteiger partial charge in [-0.15, -0.1) is 0 Å². The van der Waals surface area contributed by atoms with Gasteiger partial charge in [0.25, 0.3) is 0 Å². The van der Waals surface area contributed by atoms with E-state index in [1.54, 1.807) is 6.07 Å². The van der Waals surface area contributed by atoms with Gasteiger partial charge in [0.2, 0.25) is 0 Å². The van der Waals surface area contributed by atoms with Crippen LogP contribution in [-0.2, 0) is 6.54 Å². The van der Waals surface area contributed by atoms with Crippen LogP contribution in [0.4, 0.5) is 4.39 Å². The lowest BCUT2D eigenvalue weighted by molar-refractivity contribution is 0.244. The molecule has 0 fully saturated rings. The van der Waals surface area contributed by atoms with E-state index in [4.69, 9.17) is 9.84 Å². The first-order valence-electron chi connectivity index (χ1n) is 6.25. The summed E-state index contributed by atoms with van der Waals surface area (Å²) in [5.41, 5.74) is 0.872. The third-order valence-corrected chi connectivity index (χ3v) is 3.03. The number of ether oxygens (including phenoxy) is 1. The van der Waals surface area contributed by atoms with E-state index in [0.717, 1.165) is 5.56 Å². The SMILES string of the molecule is COc1ccc(CNC(CCO)C(C)C)cc1F. The zero-order valence-corrected chi connectivity index (χ0v) is 11.2. The summed E-state index contributed by atoms with van der Waals surface area (Å²) in [7, 11) is 1.45. The summed E-state index contributed by atoms with van der Waals surface area (Å²) in [6.07, 6.45) is 0.705. The molecule has 1 aromatic carbocycles. The molecule has 0 spiro atoms. The summed E-state index contributed by atoms with van der Waals surface area (Å²) in [6, 6.07) is 5.18. The molecule has 0 aromatic heterocycles. The minimum absolute atomic E-state index is 0.160. The van der Waals surface area contributed by atoms with Gasteiger partial charge in [0.15, 0.2) is 11.6 Å². The Morgan fingerprint density at radius 2 is 2.11 bits per heavy atom. The van der Waals surface area contributed by atoms with Crippen LogP contribution in [0.1, 0.15) is 25.8 Å². The number of aliphatic hydroxyl groups excluding tert-OH is 1. The predicted octanol–water partition coefficient (Wildman–Crippen LogP) is 2.33. The maximum absolute atomic E-state index is 13.5. The lowest BCUT2D eigenvalue weighted by atomic mass is 10.0. The molecule has 0 saturated heterocycles. The molecule has 102 valence electrons. The van der Waals surface area contributed by atoms with Crippen LogP contribution in [0.15, 0.2) is 18.2 Å². The number of methoxy groups -OCH3 is 1.